The fraction of sp³-hybridized carbons (Fsp3) is 0.286. The molecular formula is C14H15N3O3. The number of nitrogens with zero attached hydrogens (tertiary/aromatic N) is 1. The number of hydrogen-bond acceptors (Lipinski definition) is 5. The zero-order valence-electron chi connectivity index (χ0n) is 10.8. The Morgan fingerprint density at radius 1 is 1.35 bits per heavy atom. The number of nitrogens with one attached hydrogen (secondary N) is 2. The van der Waals surface area contributed by atoms with Crippen molar-refractivity contribution in [3.63, 3.8) is 0 Å². The highest BCUT2D eigenvalue weighted by Crippen LogP contribution is 2.20. The van der Waals surface area contributed by atoms with Crippen LogP contribution in [0.5, 0.6) is 0 Å². The molecule has 3 rings (SSSR count). The van der Waals surface area contributed by atoms with E-state index in [0.29, 0.717) is 18.9 Å². The van der Waals surface area contributed by atoms with E-state index in [2.05, 4.69) is 15.6 Å². The van der Waals surface area contributed by atoms with Gasteiger partial charge in [0.25, 0.3) is 5.91 Å². The first-order valence-corrected chi connectivity index (χ1v) is 6.45. The minimum Gasteiger partial charge on any atom is -0.444 e. The molecule has 1 aromatic heterocycles. The third kappa shape index (κ3) is 2.87. The van der Waals surface area contributed by atoms with E-state index in [9.17, 15) is 4.79 Å². The average Bonchev–Trinajstić information content (AvgIpc) is 3.03. The van der Waals surface area contributed by atoms with Crippen molar-refractivity contribution >= 4 is 11.6 Å². The number of carbonyl (C=O) groups excluding carboxylic acids is 1. The Bertz CT molecular complexity index is 560. The number of benzene rings is 1. The molecule has 2 aromatic rings. The maximum atomic E-state index is 12.0. The Labute approximate surface area is 116 Å². The van der Waals surface area contributed by atoms with Gasteiger partial charge in [-0.2, -0.15) is 0 Å². The van der Waals surface area contributed by atoms with Crippen molar-refractivity contribution in [2.45, 2.75) is 6.10 Å². The largest absolute Gasteiger partial charge is 0.444 e. The molecule has 104 valence electrons. The van der Waals surface area contributed by atoms with Gasteiger partial charge in [-0.15, -0.1) is 0 Å². The predicted octanol–water partition coefficient (Wildman–Crippen LogP) is 1.27. The maximum absolute atomic E-state index is 12.0. The monoisotopic (exact) mass is 273 g/mol. The highest BCUT2D eigenvalue weighted by atomic mass is 16.5. The fourth-order valence-corrected chi connectivity index (χ4v) is 2.03. The van der Waals surface area contributed by atoms with Gasteiger partial charge in [0, 0.05) is 24.3 Å². The molecule has 6 nitrogen and oxygen atoms in total. The van der Waals surface area contributed by atoms with E-state index >= 15 is 0 Å². The molecule has 0 saturated carbocycles. The van der Waals surface area contributed by atoms with Gasteiger partial charge in [-0.25, -0.2) is 4.98 Å². The number of amides is 1. The van der Waals surface area contributed by atoms with Gasteiger partial charge in [0.2, 0.25) is 0 Å². The van der Waals surface area contributed by atoms with Gasteiger partial charge < -0.3 is 19.8 Å². The van der Waals surface area contributed by atoms with Crippen LogP contribution in [0.2, 0.25) is 0 Å². The van der Waals surface area contributed by atoms with Gasteiger partial charge in [-0.05, 0) is 24.3 Å². The van der Waals surface area contributed by atoms with Crippen LogP contribution in [0.3, 0.4) is 0 Å². The number of aromatic nitrogens is 1. The number of hydrogen-bond donors (Lipinski definition) is 2. The lowest BCUT2D eigenvalue weighted by Crippen LogP contribution is -2.45. The van der Waals surface area contributed by atoms with E-state index in [4.69, 9.17) is 9.15 Å². The smallest absolute Gasteiger partial charge is 0.254 e. The van der Waals surface area contributed by atoms with Crippen molar-refractivity contribution < 1.29 is 13.9 Å². The topological polar surface area (TPSA) is 76.4 Å². The summed E-state index contributed by atoms with van der Waals surface area (Å²) in [6.45, 7) is 1.89. The lowest BCUT2D eigenvalue weighted by atomic mass is 10.1. The normalized spacial score (nSPS) is 18.7. The minimum atomic E-state index is -0.433. The van der Waals surface area contributed by atoms with E-state index in [1.54, 1.807) is 6.20 Å². The summed E-state index contributed by atoms with van der Waals surface area (Å²) in [4.78, 5) is 15.8. The van der Waals surface area contributed by atoms with Crippen LogP contribution in [0.15, 0.2) is 41.3 Å². The molecule has 1 saturated heterocycles. The molecule has 2 heterocycles. The third-order valence-electron chi connectivity index (χ3n) is 3.09. The van der Waals surface area contributed by atoms with Crippen LogP contribution in [0.4, 0.5) is 5.69 Å². The second kappa shape index (κ2) is 5.85. The van der Waals surface area contributed by atoms with E-state index in [1.807, 2.05) is 24.3 Å². The van der Waals surface area contributed by atoms with Gasteiger partial charge in [0.15, 0.2) is 12.2 Å². The molecule has 1 fully saturated rings. The van der Waals surface area contributed by atoms with Crippen LogP contribution in [0, 0.1) is 0 Å². The predicted molar refractivity (Wildman–Crippen MR) is 73.2 cm³/mol. The van der Waals surface area contributed by atoms with Gasteiger partial charge >= 0.3 is 0 Å². The van der Waals surface area contributed by atoms with E-state index in [0.717, 1.165) is 17.8 Å². The number of ether oxygens (including phenoxy) is 1. The molecule has 0 aliphatic carbocycles. The molecule has 1 aliphatic heterocycles. The highest BCUT2D eigenvalue weighted by Gasteiger charge is 2.21. The van der Waals surface area contributed by atoms with E-state index < -0.39 is 6.10 Å². The molecule has 1 amide bonds. The van der Waals surface area contributed by atoms with Crippen molar-refractivity contribution in [3.8, 4) is 11.3 Å². The number of morpholine rings is 1. The molecular weight excluding hydrogens is 258 g/mol. The summed E-state index contributed by atoms with van der Waals surface area (Å²) in [5.41, 5.74) is 1.64. The summed E-state index contributed by atoms with van der Waals surface area (Å²) in [5, 5.41) is 5.96. The Kier molecular flexibility index (Phi) is 3.76. The summed E-state index contributed by atoms with van der Waals surface area (Å²) in [6.07, 6.45) is 2.60. The van der Waals surface area contributed by atoms with Crippen molar-refractivity contribution in [2.24, 2.45) is 0 Å². The number of oxazole rings is 1. The molecule has 0 spiro atoms. The summed E-state index contributed by atoms with van der Waals surface area (Å²) >= 11 is 0. The summed E-state index contributed by atoms with van der Waals surface area (Å²) in [5.74, 6) is 0.562. The van der Waals surface area contributed by atoms with Gasteiger partial charge in [-0.3, -0.25) is 4.79 Å². The number of rotatable bonds is 3. The van der Waals surface area contributed by atoms with Crippen LogP contribution in [0.25, 0.3) is 11.3 Å². The molecule has 1 aromatic carbocycles. The molecule has 20 heavy (non-hydrogen) atoms. The SMILES string of the molecule is O=C(Nc1ccc(-c2cnco2)cc1)[C@@H]1CNCCO1. The second-order valence-corrected chi connectivity index (χ2v) is 4.50. The molecule has 1 aliphatic rings. The second-order valence-electron chi connectivity index (χ2n) is 4.50. The van der Waals surface area contributed by atoms with Crippen molar-refractivity contribution in [1.82, 2.24) is 10.3 Å². The van der Waals surface area contributed by atoms with Gasteiger partial charge in [0.05, 0.1) is 12.8 Å². The fourth-order valence-electron chi connectivity index (χ4n) is 2.03. The lowest BCUT2D eigenvalue weighted by Gasteiger charge is -2.22. The quantitative estimate of drug-likeness (QED) is 0.880. The molecule has 0 unspecified atom stereocenters. The van der Waals surface area contributed by atoms with Crippen molar-refractivity contribution in [3.05, 3.63) is 36.9 Å². The molecule has 0 bridgehead atoms. The zero-order valence-corrected chi connectivity index (χ0v) is 10.8. The van der Waals surface area contributed by atoms with Crippen LogP contribution in [0.1, 0.15) is 0 Å². The first kappa shape index (κ1) is 12.8. The van der Waals surface area contributed by atoms with Gasteiger partial charge in [-0.1, -0.05) is 0 Å². The number of carbonyl (C=O) groups is 1. The Morgan fingerprint density at radius 2 is 2.20 bits per heavy atom. The van der Waals surface area contributed by atoms with E-state index in [1.165, 1.54) is 6.39 Å². The first-order chi connectivity index (χ1) is 9.83. The van der Waals surface area contributed by atoms with Crippen LogP contribution in [-0.4, -0.2) is 36.7 Å². The van der Waals surface area contributed by atoms with Crippen molar-refractivity contribution in [1.29, 1.82) is 0 Å². The maximum Gasteiger partial charge on any atom is 0.254 e. The summed E-state index contributed by atoms with van der Waals surface area (Å²) in [7, 11) is 0. The first-order valence-electron chi connectivity index (χ1n) is 6.45. The minimum absolute atomic E-state index is 0.135. The zero-order chi connectivity index (χ0) is 13.8. The third-order valence-corrected chi connectivity index (χ3v) is 3.09. The Morgan fingerprint density at radius 3 is 2.85 bits per heavy atom. The molecule has 2 N–H and O–H groups in total. The molecule has 1 atom stereocenters. The summed E-state index contributed by atoms with van der Waals surface area (Å²) in [6, 6.07) is 7.39. The molecule has 0 radical (unpaired) electrons. The Hall–Kier alpha value is -2.18. The van der Waals surface area contributed by atoms with E-state index in [-0.39, 0.29) is 5.91 Å². The number of anilines is 1. The van der Waals surface area contributed by atoms with Crippen molar-refractivity contribution in [2.75, 3.05) is 25.0 Å². The summed E-state index contributed by atoms with van der Waals surface area (Å²) < 4.78 is 10.6. The Balaban J connectivity index is 1.64. The lowest BCUT2D eigenvalue weighted by molar-refractivity contribution is -0.128. The van der Waals surface area contributed by atoms with Crippen LogP contribution >= 0.6 is 0 Å². The average molecular weight is 273 g/mol. The van der Waals surface area contributed by atoms with Crippen LogP contribution in [-0.2, 0) is 9.53 Å². The standard InChI is InChI=1S/C14H15N3O3/c18-14(13-8-15-5-6-19-13)17-11-3-1-10(2-4-11)12-7-16-9-20-12/h1-4,7,9,13,15H,5-6,8H2,(H,17,18)/t13-/m0/s1. The van der Waals surface area contributed by atoms with Gasteiger partial charge in [0.1, 0.15) is 6.10 Å². The molecule has 6 heteroatoms. The van der Waals surface area contributed by atoms with Crippen LogP contribution < -0.4 is 10.6 Å². The highest BCUT2D eigenvalue weighted by molar-refractivity contribution is 5.94.